The van der Waals surface area contributed by atoms with E-state index in [1.807, 2.05) is 0 Å². The average Bonchev–Trinajstić information content (AvgIpc) is 2.85. The SMILES string of the molecule is CCCCCCCCC1(O)CCCCCC1(CCCCC)C1CCCCC1. The molecule has 2 rings (SSSR count). The molecule has 0 radical (unpaired) electrons. The molecule has 1 heteroatoms. The molecule has 0 aromatic rings. The largest absolute Gasteiger partial charge is 0.389 e. The van der Waals surface area contributed by atoms with Crippen LogP contribution in [0, 0.1) is 11.3 Å². The van der Waals surface area contributed by atoms with Crippen molar-refractivity contribution in [3.05, 3.63) is 0 Å². The molecule has 160 valence electrons. The Kier molecular flexibility index (Phi) is 10.8. The summed E-state index contributed by atoms with van der Waals surface area (Å²) in [5, 5.41) is 12.2. The maximum absolute atomic E-state index is 12.2. The highest BCUT2D eigenvalue weighted by Crippen LogP contribution is 2.57. The van der Waals surface area contributed by atoms with Gasteiger partial charge in [-0.05, 0) is 44.4 Å². The number of unbranched alkanes of at least 4 members (excludes halogenated alkanes) is 7. The second-order valence-corrected chi connectivity index (χ2v) is 10.1. The van der Waals surface area contributed by atoms with Gasteiger partial charge in [0.15, 0.2) is 0 Å². The molecule has 0 amide bonds. The van der Waals surface area contributed by atoms with Crippen LogP contribution in [-0.4, -0.2) is 10.7 Å². The van der Waals surface area contributed by atoms with Crippen molar-refractivity contribution >= 4 is 0 Å². The van der Waals surface area contributed by atoms with E-state index >= 15 is 0 Å². The quantitative estimate of drug-likeness (QED) is 0.266. The van der Waals surface area contributed by atoms with Crippen LogP contribution in [0.25, 0.3) is 0 Å². The topological polar surface area (TPSA) is 20.2 Å². The Morgan fingerprint density at radius 3 is 1.93 bits per heavy atom. The van der Waals surface area contributed by atoms with Crippen molar-refractivity contribution in [1.29, 1.82) is 0 Å². The van der Waals surface area contributed by atoms with Gasteiger partial charge in [0.1, 0.15) is 0 Å². The van der Waals surface area contributed by atoms with Crippen LogP contribution in [0.4, 0.5) is 0 Å². The lowest BCUT2D eigenvalue weighted by Gasteiger charge is -2.53. The van der Waals surface area contributed by atoms with Gasteiger partial charge in [0, 0.05) is 5.41 Å². The third kappa shape index (κ3) is 6.48. The van der Waals surface area contributed by atoms with Crippen molar-refractivity contribution in [2.75, 3.05) is 0 Å². The van der Waals surface area contributed by atoms with Crippen LogP contribution in [0.15, 0.2) is 0 Å². The van der Waals surface area contributed by atoms with E-state index in [2.05, 4.69) is 13.8 Å². The molecule has 2 aliphatic rings. The Morgan fingerprint density at radius 2 is 1.19 bits per heavy atom. The fourth-order valence-electron chi connectivity index (χ4n) is 6.58. The predicted octanol–water partition coefficient (Wildman–Crippen LogP) is 8.58. The zero-order chi connectivity index (χ0) is 19.4. The standard InChI is InChI=1S/C26H50O/c1-3-5-7-8-9-16-22-26(27)23-17-11-15-21-25(26,20-14-6-4-2)24-18-12-10-13-19-24/h24,27H,3-23H2,1-2H3. The molecule has 2 atom stereocenters. The van der Waals surface area contributed by atoms with Crippen molar-refractivity contribution in [1.82, 2.24) is 0 Å². The van der Waals surface area contributed by atoms with Crippen LogP contribution in [-0.2, 0) is 0 Å². The van der Waals surface area contributed by atoms with Crippen LogP contribution >= 0.6 is 0 Å². The molecule has 0 spiro atoms. The first-order chi connectivity index (χ1) is 13.2. The zero-order valence-electron chi connectivity index (χ0n) is 18.9. The Balaban J connectivity index is 2.10. The van der Waals surface area contributed by atoms with Crippen molar-refractivity contribution in [2.24, 2.45) is 11.3 Å². The number of hydrogen-bond acceptors (Lipinski definition) is 1. The van der Waals surface area contributed by atoms with Gasteiger partial charge in [-0.15, -0.1) is 0 Å². The van der Waals surface area contributed by atoms with E-state index in [9.17, 15) is 5.11 Å². The van der Waals surface area contributed by atoms with Crippen LogP contribution in [0.2, 0.25) is 0 Å². The third-order valence-corrected chi connectivity index (χ3v) is 8.20. The molecule has 2 unspecified atom stereocenters. The van der Waals surface area contributed by atoms with Gasteiger partial charge in [-0.25, -0.2) is 0 Å². The maximum Gasteiger partial charge on any atom is 0.0706 e. The first-order valence-electron chi connectivity index (χ1n) is 12.9. The first kappa shape index (κ1) is 23.2. The van der Waals surface area contributed by atoms with Gasteiger partial charge in [0.25, 0.3) is 0 Å². The van der Waals surface area contributed by atoms with Crippen molar-refractivity contribution in [2.45, 2.75) is 154 Å². The second-order valence-electron chi connectivity index (χ2n) is 10.1. The molecule has 0 bridgehead atoms. The molecular weight excluding hydrogens is 328 g/mol. The van der Waals surface area contributed by atoms with Gasteiger partial charge >= 0.3 is 0 Å². The predicted molar refractivity (Wildman–Crippen MR) is 119 cm³/mol. The molecule has 0 aliphatic heterocycles. The minimum atomic E-state index is -0.371. The fraction of sp³-hybridized carbons (Fsp3) is 1.00. The summed E-state index contributed by atoms with van der Waals surface area (Å²) in [7, 11) is 0. The lowest BCUT2D eigenvalue weighted by Crippen LogP contribution is -2.52. The third-order valence-electron chi connectivity index (χ3n) is 8.20. The van der Waals surface area contributed by atoms with E-state index in [1.54, 1.807) is 0 Å². The molecule has 0 aromatic carbocycles. The number of hydrogen-bond donors (Lipinski definition) is 1. The second kappa shape index (κ2) is 12.5. The summed E-state index contributed by atoms with van der Waals surface area (Å²) >= 11 is 0. The lowest BCUT2D eigenvalue weighted by atomic mass is 9.54. The molecule has 2 fully saturated rings. The van der Waals surface area contributed by atoms with Gasteiger partial charge in [0.2, 0.25) is 0 Å². The van der Waals surface area contributed by atoms with Crippen molar-refractivity contribution < 1.29 is 5.11 Å². The molecular formula is C26H50O. The number of rotatable bonds is 12. The molecule has 0 saturated heterocycles. The van der Waals surface area contributed by atoms with Crippen LogP contribution in [0.5, 0.6) is 0 Å². The summed E-state index contributed by atoms with van der Waals surface area (Å²) in [5.74, 6) is 0.797. The van der Waals surface area contributed by atoms with E-state index in [4.69, 9.17) is 0 Å². The van der Waals surface area contributed by atoms with Gasteiger partial charge in [-0.2, -0.15) is 0 Å². The summed E-state index contributed by atoms with van der Waals surface area (Å²) in [6.07, 6.45) is 27.8. The lowest BCUT2D eigenvalue weighted by molar-refractivity contribution is -0.141. The average molecular weight is 379 g/mol. The van der Waals surface area contributed by atoms with Gasteiger partial charge in [0.05, 0.1) is 5.60 Å². The molecule has 2 aliphatic carbocycles. The van der Waals surface area contributed by atoms with Crippen LogP contribution < -0.4 is 0 Å². The van der Waals surface area contributed by atoms with Gasteiger partial charge in [-0.3, -0.25) is 0 Å². The van der Waals surface area contributed by atoms with E-state index in [0.717, 1.165) is 18.8 Å². The highest BCUT2D eigenvalue weighted by molar-refractivity contribution is 5.04. The van der Waals surface area contributed by atoms with Crippen LogP contribution in [0.1, 0.15) is 149 Å². The highest BCUT2D eigenvalue weighted by Gasteiger charge is 2.53. The van der Waals surface area contributed by atoms with E-state index in [1.165, 1.54) is 122 Å². The monoisotopic (exact) mass is 378 g/mol. The molecule has 1 nitrogen and oxygen atoms in total. The highest BCUT2D eigenvalue weighted by atomic mass is 16.3. The minimum Gasteiger partial charge on any atom is -0.389 e. The Labute approximate surface area is 171 Å². The van der Waals surface area contributed by atoms with Gasteiger partial charge in [-0.1, -0.05) is 110 Å². The molecule has 1 N–H and O–H groups in total. The number of aliphatic hydroxyl groups is 1. The first-order valence-corrected chi connectivity index (χ1v) is 12.9. The molecule has 0 aromatic heterocycles. The molecule has 2 saturated carbocycles. The van der Waals surface area contributed by atoms with Gasteiger partial charge < -0.3 is 5.11 Å². The van der Waals surface area contributed by atoms with Crippen molar-refractivity contribution in [3.8, 4) is 0 Å². The Hall–Kier alpha value is -0.0400. The Bertz CT molecular complexity index is 372. The molecule has 27 heavy (non-hydrogen) atoms. The zero-order valence-corrected chi connectivity index (χ0v) is 18.9. The molecule has 0 heterocycles. The normalized spacial score (nSPS) is 30.3. The van der Waals surface area contributed by atoms with Crippen molar-refractivity contribution in [3.63, 3.8) is 0 Å². The van der Waals surface area contributed by atoms with E-state index < -0.39 is 0 Å². The van der Waals surface area contributed by atoms with Crippen LogP contribution in [0.3, 0.4) is 0 Å². The minimum absolute atomic E-state index is 0.239. The van der Waals surface area contributed by atoms with E-state index in [0.29, 0.717) is 0 Å². The maximum atomic E-state index is 12.2. The summed E-state index contributed by atoms with van der Waals surface area (Å²) in [6.45, 7) is 4.62. The smallest absolute Gasteiger partial charge is 0.0706 e. The fourth-order valence-corrected chi connectivity index (χ4v) is 6.58. The van der Waals surface area contributed by atoms with E-state index in [-0.39, 0.29) is 11.0 Å². The summed E-state index contributed by atoms with van der Waals surface area (Å²) in [6, 6.07) is 0. The summed E-state index contributed by atoms with van der Waals surface area (Å²) < 4.78 is 0. The summed E-state index contributed by atoms with van der Waals surface area (Å²) in [5.41, 5.74) is -0.132. The summed E-state index contributed by atoms with van der Waals surface area (Å²) in [4.78, 5) is 0. The Morgan fingerprint density at radius 1 is 0.630 bits per heavy atom.